The van der Waals surface area contributed by atoms with Gasteiger partial charge in [0.25, 0.3) is 0 Å². The SMILES string of the molecule is COc1ccc(-n2c(-c3ccccc3)noc2=O)cc1. The molecule has 5 heteroatoms. The fourth-order valence-corrected chi connectivity index (χ4v) is 1.98. The summed E-state index contributed by atoms with van der Waals surface area (Å²) in [5.41, 5.74) is 1.49. The molecule has 0 aliphatic carbocycles. The second-order valence-corrected chi connectivity index (χ2v) is 4.17. The molecule has 1 aromatic heterocycles. The zero-order valence-corrected chi connectivity index (χ0v) is 10.8. The monoisotopic (exact) mass is 268 g/mol. The largest absolute Gasteiger partial charge is 0.497 e. The lowest BCUT2D eigenvalue weighted by atomic mass is 10.2. The zero-order valence-electron chi connectivity index (χ0n) is 10.8. The van der Waals surface area contributed by atoms with Crippen LogP contribution >= 0.6 is 0 Å². The summed E-state index contributed by atoms with van der Waals surface area (Å²) in [5.74, 6) is 0.675. The van der Waals surface area contributed by atoms with E-state index in [1.807, 2.05) is 30.3 Å². The van der Waals surface area contributed by atoms with E-state index in [1.165, 1.54) is 4.57 Å². The van der Waals surface area contributed by atoms with E-state index in [4.69, 9.17) is 9.26 Å². The summed E-state index contributed by atoms with van der Waals surface area (Å²) in [6, 6.07) is 16.5. The van der Waals surface area contributed by atoms with E-state index in [1.54, 1.807) is 31.4 Å². The zero-order chi connectivity index (χ0) is 13.9. The van der Waals surface area contributed by atoms with Crippen molar-refractivity contribution in [3.05, 3.63) is 65.1 Å². The molecule has 20 heavy (non-hydrogen) atoms. The van der Waals surface area contributed by atoms with Crippen molar-refractivity contribution in [1.82, 2.24) is 9.72 Å². The Balaban J connectivity index is 2.14. The van der Waals surface area contributed by atoms with Crippen LogP contribution in [0.2, 0.25) is 0 Å². The Morgan fingerprint density at radius 2 is 1.75 bits per heavy atom. The number of hydrogen-bond acceptors (Lipinski definition) is 4. The predicted octanol–water partition coefficient (Wildman–Crippen LogP) is 2.50. The van der Waals surface area contributed by atoms with Gasteiger partial charge in [0.05, 0.1) is 12.8 Å². The van der Waals surface area contributed by atoms with Crippen LogP contribution in [0.1, 0.15) is 0 Å². The normalized spacial score (nSPS) is 10.4. The number of benzene rings is 2. The van der Waals surface area contributed by atoms with Gasteiger partial charge in [-0.1, -0.05) is 35.5 Å². The summed E-state index contributed by atoms with van der Waals surface area (Å²) in [6.07, 6.45) is 0. The average molecular weight is 268 g/mol. The molecule has 0 bridgehead atoms. The van der Waals surface area contributed by atoms with Crippen molar-refractivity contribution in [1.29, 1.82) is 0 Å². The fraction of sp³-hybridized carbons (Fsp3) is 0.0667. The Labute approximate surface area is 115 Å². The lowest BCUT2D eigenvalue weighted by Crippen LogP contribution is -2.13. The Kier molecular flexibility index (Phi) is 3.09. The van der Waals surface area contributed by atoms with Crippen molar-refractivity contribution >= 4 is 0 Å². The molecule has 1 heterocycles. The van der Waals surface area contributed by atoms with Gasteiger partial charge in [-0.2, -0.15) is 0 Å². The minimum atomic E-state index is -0.519. The molecule has 3 aromatic rings. The predicted molar refractivity (Wildman–Crippen MR) is 74.1 cm³/mol. The number of ether oxygens (including phenoxy) is 1. The molecule has 0 radical (unpaired) electrons. The minimum Gasteiger partial charge on any atom is -0.497 e. The summed E-state index contributed by atoms with van der Waals surface area (Å²) in [7, 11) is 1.59. The van der Waals surface area contributed by atoms with E-state index in [9.17, 15) is 4.79 Å². The highest BCUT2D eigenvalue weighted by Gasteiger charge is 2.14. The smallest absolute Gasteiger partial charge is 0.446 e. The van der Waals surface area contributed by atoms with E-state index >= 15 is 0 Å². The van der Waals surface area contributed by atoms with Gasteiger partial charge in [0.15, 0.2) is 5.82 Å². The third-order valence-corrected chi connectivity index (χ3v) is 2.97. The molecule has 5 nitrogen and oxygen atoms in total. The first-order chi connectivity index (χ1) is 9.79. The minimum absolute atomic E-state index is 0.473. The summed E-state index contributed by atoms with van der Waals surface area (Å²) < 4.78 is 11.3. The van der Waals surface area contributed by atoms with Crippen LogP contribution in [0.4, 0.5) is 0 Å². The molecule has 0 N–H and O–H groups in total. The highest BCUT2D eigenvalue weighted by molar-refractivity contribution is 5.57. The maximum Gasteiger partial charge on any atom is 0.446 e. The van der Waals surface area contributed by atoms with Crippen LogP contribution in [0.25, 0.3) is 17.1 Å². The number of aromatic nitrogens is 2. The Bertz CT molecular complexity index is 758. The number of hydrogen-bond donors (Lipinski definition) is 0. The van der Waals surface area contributed by atoms with Crippen molar-refractivity contribution in [2.24, 2.45) is 0 Å². The molecule has 0 fully saturated rings. The molecule has 0 amide bonds. The molecule has 0 aliphatic rings. The summed E-state index contributed by atoms with van der Waals surface area (Å²) in [4.78, 5) is 11.9. The summed E-state index contributed by atoms with van der Waals surface area (Å²) >= 11 is 0. The Hall–Kier alpha value is -2.82. The molecular formula is C15H12N2O3. The van der Waals surface area contributed by atoms with Crippen LogP contribution in [0, 0.1) is 0 Å². The van der Waals surface area contributed by atoms with Gasteiger partial charge in [-0.3, -0.25) is 4.52 Å². The third kappa shape index (κ3) is 2.09. The molecule has 3 rings (SSSR count). The maximum absolute atomic E-state index is 11.9. The topological polar surface area (TPSA) is 57.3 Å². The summed E-state index contributed by atoms with van der Waals surface area (Å²) in [6.45, 7) is 0. The molecular weight excluding hydrogens is 256 g/mol. The van der Waals surface area contributed by atoms with Gasteiger partial charge in [-0.15, -0.1) is 0 Å². The standard InChI is InChI=1S/C15H12N2O3/c1-19-13-9-7-12(8-10-13)17-14(16-20-15(17)18)11-5-3-2-4-6-11/h2-10H,1H3. The molecule has 0 atom stereocenters. The number of methoxy groups -OCH3 is 1. The van der Waals surface area contributed by atoms with Crippen LogP contribution in [0.5, 0.6) is 5.75 Å². The van der Waals surface area contributed by atoms with Crippen molar-refractivity contribution in [3.63, 3.8) is 0 Å². The van der Waals surface area contributed by atoms with Crippen LogP contribution in [-0.2, 0) is 0 Å². The second kappa shape index (κ2) is 5.05. The molecule has 0 aliphatic heterocycles. The Morgan fingerprint density at radius 1 is 1.05 bits per heavy atom. The van der Waals surface area contributed by atoms with Gasteiger partial charge in [-0.25, -0.2) is 9.36 Å². The average Bonchev–Trinajstić information content (AvgIpc) is 2.90. The van der Waals surface area contributed by atoms with Gasteiger partial charge in [0, 0.05) is 5.56 Å². The van der Waals surface area contributed by atoms with E-state index in [0.29, 0.717) is 11.5 Å². The first-order valence-corrected chi connectivity index (χ1v) is 6.08. The van der Waals surface area contributed by atoms with Crippen molar-refractivity contribution in [2.45, 2.75) is 0 Å². The first-order valence-electron chi connectivity index (χ1n) is 6.08. The third-order valence-electron chi connectivity index (χ3n) is 2.97. The van der Waals surface area contributed by atoms with Gasteiger partial charge < -0.3 is 4.74 Å². The molecule has 0 saturated carbocycles. The van der Waals surface area contributed by atoms with Crippen molar-refractivity contribution in [2.75, 3.05) is 7.11 Å². The van der Waals surface area contributed by atoms with Crippen molar-refractivity contribution < 1.29 is 9.26 Å². The van der Waals surface area contributed by atoms with Crippen LogP contribution in [0.15, 0.2) is 63.9 Å². The van der Waals surface area contributed by atoms with Crippen LogP contribution in [-0.4, -0.2) is 16.8 Å². The molecule has 0 unspecified atom stereocenters. The highest BCUT2D eigenvalue weighted by Crippen LogP contribution is 2.20. The van der Waals surface area contributed by atoms with Crippen LogP contribution in [0.3, 0.4) is 0 Å². The van der Waals surface area contributed by atoms with E-state index in [-0.39, 0.29) is 0 Å². The molecule has 100 valence electrons. The Morgan fingerprint density at radius 3 is 2.40 bits per heavy atom. The lowest BCUT2D eigenvalue weighted by Gasteiger charge is -2.05. The second-order valence-electron chi connectivity index (χ2n) is 4.17. The summed E-state index contributed by atoms with van der Waals surface area (Å²) in [5, 5.41) is 3.85. The first kappa shape index (κ1) is 12.2. The van der Waals surface area contributed by atoms with Crippen molar-refractivity contribution in [3.8, 4) is 22.8 Å². The van der Waals surface area contributed by atoms with Gasteiger partial charge in [-0.05, 0) is 24.3 Å². The van der Waals surface area contributed by atoms with Gasteiger partial charge in [0.2, 0.25) is 0 Å². The number of nitrogens with zero attached hydrogens (tertiary/aromatic N) is 2. The van der Waals surface area contributed by atoms with E-state index in [2.05, 4.69) is 5.16 Å². The van der Waals surface area contributed by atoms with Gasteiger partial charge >= 0.3 is 5.76 Å². The van der Waals surface area contributed by atoms with E-state index < -0.39 is 5.76 Å². The highest BCUT2D eigenvalue weighted by atomic mass is 16.5. The maximum atomic E-state index is 11.9. The number of rotatable bonds is 3. The molecule has 2 aromatic carbocycles. The van der Waals surface area contributed by atoms with Gasteiger partial charge in [0.1, 0.15) is 5.75 Å². The van der Waals surface area contributed by atoms with E-state index in [0.717, 1.165) is 11.3 Å². The quantitative estimate of drug-likeness (QED) is 0.732. The molecule has 0 saturated heterocycles. The fourth-order valence-electron chi connectivity index (χ4n) is 1.98. The van der Waals surface area contributed by atoms with Crippen LogP contribution < -0.4 is 10.5 Å². The lowest BCUT2D eigenvalue weighted by molar-refractivity contribution is 0.383. The molecule has 0 spiro atoms.